The molecule has 1 heterocycles. The van der Waals surface area contributed by atoms with Gasteiger partial charge in [-0.1, -0.05) is 0 Å². The van der Waals surface area contributed by atoms with E-state index in [4.69, 9.17) is 0 Å². The van der Waals surface area contributed by atoms with Crippen LogP contribution in [0.1, 0.15) is 26.6 Å². The number of aromatic nitrogens is 2. The van der Waals surface area contributed by atoms with Gasteiger partial charge in [0.2, 0.25) is 5.91 Å². The van der Waals surface area contributed by atoms with Crippen LogP contribution in [0.5, 0.6) is 0 Å². The molecule has 0 aliphatic carbocycles. The maximum absolute atomic E-state index is 11.6. The zero-order valence-electron chi connectivity index (χ0n) is 10.3. The molecule has 0 fully saturated rings. The van der Waals surface area contributed by atoms with E-state index in [0.717, 1.165) is 5.82 Å². The summed E-state index contributed by atoms with van der Waals surface area (Å²) in [5.74, 6) is 0.938. The lowest BCUT2D eigenvalue weighted by molar-refractivity contribution is -0.123. The molecule has 5 heteroatoms. The minimum atomic E-state index is -0.209. The fourth-order valence-corrected chi connectivity index (χ4v) is 1.31. The van der Waals surface area contributed by atoms with E-state index in [2.05, 4.69) is 15.6 Å². The molecule has 0 spiro atoms. The van der Waals surface area contributed by atoms with Crippen molar-refractivity contribution in [3.05, 3.63) is 18.2 Å². The predicted molar refractivity (Wildman–Crippen MR) is 62.8 cm³/mol. The van der Waals surface area contributed by atoms with Crippen LogP contribution in [0, 0.1) is 0 Å². The van der Waals surface area contributed by atoms with Crippen molar-refractivity contribution in [3.63, 3.8) is 0 Å². The molecule has 1 rings (SSSR count). The third-order valence-corrected chi connectivity index (χ3v) is 2.31. The van der Waals surface area contributed by atoms with E-state index in [1.807, 2.05) is 38.6 Å². The first-order chi connectivity index (χ1) is 7.50. The third kappa shape index (κ3) is 3.66. The summed E-state index contributed by atoms with van der Waals surface area (Å²) in [4.78, 5) is 15.8. The van der Waals surface area contributed by atoms with Gasteiger partial charge in [-0.15, -0.1) is 0 Å². The molecular weight excluding hydrogens is 204 g/mol. The highest BCUT2D eigenvalue weighted by Crippen LogP contribution is 1.94. The molecule has 0 saturated carbocycles. The molecular formula is C11H20N4O. The largest absolute Gasteiger partial charge is 0.353 e. The van der Waals surface area contributed by atoms with E-state index in [9.17, 15) is 4.79 Å². The molecule has 1 amide bonds. The van der Waals surface area contributed by atoms with Gasteiger partial charge in [0.1, 0.15) is 5.82 Å². The summed E-state index contributed by atoms with van der Waals surface area (Å²) in [5.41, 5.74) is 0. The first-order valence-electron chi connectivity index (χ1n) is 5.50. The van der Waals surface area contributed by atoms with Crippen molar-refractivity contribution in [3.8, 4) is 0 Å². The van der Waals surface area contributed by atoms with Gasteiger partial charge < -0.3 is 9.88 Å². The molecule has 16 heavy (non-hydrogen) atoms. The molecule has 1 unspecified atom stereocenters. The zero-order valence-corrected chi connectivity index (χ0v) is 10.3. The maximum Gasteiger partial charge on any atom is 0.237 e. The van der Waals surface area contributed by atoms with E-state index in [-0.39, 0.29) is 18.0 Å². The number of imidazole rings is 1. The molecule has 0 saturated heterocycles. The Morgan fingerprint density at radius 3 is 2.69 bits per heavy atom. The van der Waals surface area contributed by atoms with Crippen molar-refractivity contribution in [2.75, 3.05) is 0 Å². The normalized spacial score (nSPS) is 12.8. The van der Waals surface area contributed by atoms with E-state index >= 15 is 0 Å². The van der Waals surface area contributed by atoms with Gasteiger partial charge in [-0.05, 0) is 20.8 Å². The predicted octanol–water partition coefficient (Wildman–Crippen LogP) is 0.423. The van der Waals surface area contributed by atoms with Crippen LogP contribution in [0.4, 0.5) is 0 Å². The number of carbonyl (C=O) groups excluding carboxylic acids is 1. The van der Waals surface area contributed by atoms with Crippen LogP contribution in [0.3, 0.4) is 0 Å². The molecule has 0 radical (unpaired) electrons. The third-order valence-electron chi connectivity index (χ3n) is 2.31. The molecule has 0 aliphatic heterocycles. The number of aryl methyl sites for hydroxylation is 1. The fraction of sp³-hybridized carbons (Fsp3) is 0.636. The van der Waals surface area contributed by atoms with Crippen LogP contribution in [0.2, 0.25) is 0 Å². The van der Waals surface area contributed by atoms with Gasteiger partial charge in [-0.2, -0.15) is 0 Å². The Labute approximate surface area is 96.3 Å². The summed E-state index contributed by atoms with van der Waals surface area (Å²) in [6.45, 7) is 6.34. The number of rotatable bonds is 5. The number of hydrogen-bond acceptors (Lipinski definition) is 3. The van der Waals surface area contributed by atoms with Gasteiger partial charge in [-0.25, -0.2) is 4.98 Å². The lowest BCUT2D eigenvalue weighted by atomic mass is 10.3. The van der Waals surface area contributed by atoms with Gasteiger partial charge in [0.25, 0.3) is 0 Å². The van der Waals surface area contributed by atoms with Crippen LogP contribution < -0.4 is 10.6 Å². The molecule has 0 aromatic carbocycles. The standard InChI is InChI=1S/C11H20N4O/c1-8(2)14-11(16)9(3)13-7-10-12-5-6-15(10)4/h5-6,8-9,13H,7H2,1-4H3,(H,14,16). The van der Waals surface area contributed by atoms with Crippen LogP contribution in [0.15, 0.2) is 12.4 Å². The van der Waals surface area contributed by atoms with Crippen LogP contribution in [0.25, 0.3) is 0 Å². The lowest BCUT2D eigenvalue weighted by Gasteiger charge is -2.15. The molecule has 5 nitrogen and oxygen atoms in total. The first-order valence-corrected chi connectivity index (χ1v) is 5.50. The summed E-state index contributed by atoms with van der Waals surface area (Å²) < 4.78 is 1.93. The Morgan fingerprint density at radius 2 is 2.19 bits per heavy atom. The van der Waals surface area contributed by atoms with Gasteiger partial charge in [0, 0.05) is 25.5 Å². The minimum Gasteiger partial charge on any atom is -0.353 e. The van der Waals surface area contributed by atoms with Crippen LogP contribution in [-0.2, 0) is 18.4 Å². The van der Waals surface area contributed by atoms with E-state index in [0.29, 0.717) is 6.54 Å². The summed E-state index contributed by atoms with van der Waals surface area (Å²) in [6.07, 6.45) is 3.63. The average molecular weight is 224 g/mol. The second-order valence-corrected chi connectivity index (χ2v) is 4.22. The number of carbonyl (C=O) groups is 1. The smallest absolute Gasteiger partial charge is 0.237 e. The van der Waals surface area contributed by atoms with Crippen molar-refractivity contribution in [2.24, 2.45) is 7.05 Å². The number of hydrogen-bond donors (Lipinski definition) is 2. The number of nitrogens with zero attached hydrogens (tertiary/aromatic N) is 2. The topological polar surface area (TPSA) is 59.0 Å². The van der Waals surface area contributed by atoms with Crippen molar-refractivity contribution in [2.45, 2.75) is 39.4 Å². The van der Waals surface area contributed by atoms with Crippen molar-refractivity contribution >= 4 is 5.91 Å². The zero-order chi connectivity index (χ0) is 12.1. The molecule has 2 N–H and O–H groups in total. The van der Waals surface area contributed by atoms with Gasteiger partial charge in [-0.3, -0.25) is 10.1 Å². The second-order valence-electron chi connectivity index (χ2n) is 4.22. The highest BCUT2D eigenvalue weighted by Gasteiger charge is 2.13. The molecule has 0 bridgehead atoms. The second kappa shape index (κ2) is 5.65. The van der Waals surface area contributed by atoms with Gasteiger partial charge >= 0.3 is 0 Å². The van der Waals surface area contributed by atoms with E-state index in [1.54, 1.807) is 6.20 Å². The average Bonchev–Trinajstić information content (AvgIpc) is 2.59. The Balaban J connectivity index is 2.38. The molecule has 0 aliphatic rings. The molecule has 90 valence electrons. The Kier molecular flexibility index (Phi) is 4.49. The summed E-state index contributed by atoms with van der Waals surface area (Å²) in [7, 11) is 1.93. The molecule has 1 atom stereocenters. The first kappa shape index (κ1) is 12.7. The monoisotopic (exact) mass is 224 g/mol. The van der Waals surface area contributed by atoms with Crippen molar-refractivity contribution in [1.82, 2.24) is 20.2 Å². The maximum atomic E-state index is 11.6. The van der Waals surface area contributed by atoms with Crippen molar-refractivity contribution < 1.29 is 4.79 Å². The van der Waals surface area contributed by atoms with Crippen LogP contribution >= 0.6 is 0 Å². The quantitative estimate of drug-likeness (QED) is 0.762. The van der Waals surface area contributed by atoms with Crippen LogP contribution in [-0.4, -0.2) is 27.5 Å². The molecule has 1 aromatic rings. The minimum absolute atomic E-state index is 0.0178. The number of amides is 1. The van der Waals surface area contributed by atoms with E-state index < -0.39 is 0 Å². The Hall–Kier alpha value is -1.36. The fourth-order valence-electron chi connectivity index (χ4n) is 1.31. The highest BCUT2D eigenvalue weighted by molar-refractivity contribution is 5.81. The SMILES string of the molecule is CC(C)NC(=O)C(C)NCc1nccn1C. The summed E-state index contributed by atoms with van der Waals surface area (Å²) in [6, 6.07) is -0.0380. The van der Waals surface area contributed by atoms with E-state index in [1.165, 1.54) is 0 Å². The van der Waals surface area contributed by atoms with Gasteiger partial charge in [0.05, 0.1) is 12.6 Å². The molecule has 1 aromatic heterocycles. The number of nitrogens with one attached hydrogen (secondary N) is 2. The summed E-state index contributed by atoms with van der Waals surface area (Å²) >= 11 is 0. The summed E-state index contributed by atoms with van der Waals surface area (Å²) in [5, 5.41) is 5.99. The van der Waals surface area contributed by atoms with Crippen molar-refractivity contribution in [1.29, 1.82) is 0 Å². The lowest BCUT2D eigenvalue weighted by Crippen LogP contribution is -2.44. The highest BCUT2D eigenvalue weighted by atomic mass is 16.2. The Morgan fingerprint density at radius 1 is 1.50 bits per heavy atom. The Bertz CT molecular complexity index is 346. The van der Waals surface area contributed by atoms with Gasteiger partial charge in [0.15, 0.2) is 0 Å².